The van der Waals surface area contributed by atoms with Crippen LogP contribution >= 0.6 is 0 Å². The minimum atomic E-state index is -3.54. The first-order chi connectivity index (χ1) is 8.54. The first kappa shape index (κ1) is 13.5. The number of aromatic nitrogens is 2. The number of nitrogens with one attached hydrogen (secondary N) is 2. The number of nitrogens with two attached hydrogens (primary N) is 1. The molecule has 6 nitrogen and oxygen atoms in total. The highest BCUT2D eigenvalue weighted by Crippen LogP contribution is 2.24. The molecule has 0 aromatic carbocycles. The van der Waals surface area contributed by atoms with Crippen LogP contribution < -0.4 is 10.5 Å². The zero-order chi connectivity index (χ0) is 13.2. The molecule has 0 unspecified atom stereocenters. The maximum absolute atomic E-state index is 12.1. The summed E-state index contributed by atoms with van der Waals surface area (Å²) in [6, 6.07) is 0. The van der Waals surface area contributed by atoms with Gasteiger partial charge in [0.25, 0.3) is 10.0 Å². The summed E-state index contributed by atoms with van der Waals surface area (Å²) >= 11 is 0. The molecule has 1 saturated carbocycles. The van der Waals surface area contributed by atoms with Gasteiger partial charge in [-0.25, -0.2) is 13.1 Å². The number of sulfonamides is 1. The van der Waals surface area contributed by atoms with E-state index in [2.05, 4.69) is 14.9 Å². The van der Waals surface area contributed by atoms with Crippen LogP contribution in [0.4, 0.5) is 0 Å². The molecule has 0 aliphatic heterocycles. The second-order valence-corrected chi connectivity index (χ2v) is 6.52. The van der Waals surface area contributed by atoms with Crippen LogP contribution in [0.15, 0.2) is 5.03 Å². The fraction of sp³-hybridized carbons (Fsp3) is 0.727. The predicted octanol–water partition coefficient (Wildman–Crippen LogP) is 0.645. The third-order valence-corrected chi connectivity index (χ3v) is 4.92. The van der Waals surface area contributed by atoms with E-state index in [1.54, 1.807) is 6.92 Å². The molecule has 0 bridgehead atoms. The van der Waals surface area contributed by atoms with E-state index in [1.807, 2.05) is 0 Å². The highest BCUT2D eigenvalue weighted by Gasteiger charge is 2.24. The molecule has 1 aliphatic rings. The average molecular weight is 272 g/mol. The van der Waals surface area contributed by atoms with E-state index in [4.69, 9.17) is 5.73 Å². The minimum absolute atomic E-state index is 0.0421. The molecule has 0 saturated heterocycles. The highest BCUT2D eigenvalue weighted by molar-refractivity contribution is 7.89. The van der Waals surface area contributed by atoms with Crippen LogP contribution in [0.25, 0.3) is 0 Å². The van der Waals surface area contributed by atoms with E-state index in [9.17, 15) is 8.42 Å². The molecule has 102 valence electrons. The fourth-order valence-corrected chi connectivity index (χ4v) is 3.72. The van der Waals surface area contributed by atoms with Gasteiger partial charge in [-0.15, -0.1) is 0 Å². The second-order valence-electron chi connectivity index (χ2n) is 4.84. The first-order valence-electron chi connectivity index (χ1n) is 6.28. The van der Waals surface area contributed by atoms with Gasteiger partial charge in [-0.2, -0.15) is 5.10 Å². The Bertz CT molecular complexity index is 503. The lowest BCUT2D eigenvalue weighted by Gasteiger charge is -2.10. The Balaban J connectivity index is 2.09. The van der Waals surface area contributed by atoms with Crippen LogP contribution in [0.1, 0.15) is 36.9 Å². The number of aryl methyl sites for hydroxylation is 1. The summed E-state index contributed by atoms with van der Waals surface area (Å²) in [6.45, 7) is 2.44. The molecule has 0 amide bonds. The molecule has 0 spiro atoms. The van der Waals surface area contributed by atoms with E-state index >= 15 is 0 Å². The van der Waals surface area contributed by atoms with Gasteiger partial charge in [0.1, 0.15) is 0 Å². The van der Waals surface area contributed by atoms with E-state index in [0.29, 0.717) is 23.7 Å². The Morgan fingerprint density at radius 3 is 2.72 bits per heavy atom. The molecular formula is C11H20N4O2S. The molecule has 1 aromatic heterocycles. The topological polar surface area (TPSA) is 101 Å². The summed E-state index contributed by atoms with van der Waals surface area (Å²) in [5.74, 6) is 0.459. The lowest BCUT2D eigenvalue weighted by molar-refractivity contribution is 0.517. The lowest BCUT2D eigenvalue weighted by Crippen LogP contribution is -2.29. The average Bonchev–Trinajstić information content (AvgIpc) is 2.95. The standard InChI is InChI=1S/C11H20N4O2S/c1-8-10(6-12)11(15-14-8)18(16,17)13-7-9-4-2-3-5-9/h9,13H,2-7,12H2,1H3,(H,14,15). The molecule has 2 rings (SSSR count). The van der Waals surface area contributed by atoms with E-state index in [1.165, 1.54) is 12.8 Å². The largest absolute Gasteiger partial charge is 0.326 e. The Morgan fingerprint density at radius 2 is 2.11 bits per heavy atom. The number of aromatic amines is 1. The summed E-state index contributed by atoms with van der Waals surface area (Å²) < 4.78 is 26.9. The Kier molecular flexibility index (Phi) is 4.04. The van der Waals surface area contributed by atoms with Gasteiger partial charge < -0.3 is 5.73 Å². The van der Waals surface area contributed by atoms with E-state index < -0.39 is 10.0 Å². The third-order valence-electron chi connectivity index (χ3n) is 3.53. The molecule has 1 aromatic rings. The van der Waals surface area contributed by atoms with Crippen molar-refractivity contribution in [1.82, 2.24) is 14.9 Å². The number of rotatable bonds is 5. The van der Waals surface area contributed by atoms with Crippen LogP contribution in [0.2, 0.25) is 0 Å². The van der Waals surface area contributed by atoms with Crippen molar-refractivity contribution in [3.63, 3.8) is 0 Å². The molecule has 1 aliphatic carbocycles. The van der Waals surface area contributed by atoms with Crippen LogP contribution in [-0.2, 0) is 16.6 Å². The van der Waals surface area contributed by atoms with Crippen molar-refractivity contribution >= 4 is 10.0 Å². The summed E-state index contributed by atoms with van der Waals surface area (Å²) in [5.41, 5.74) is 6.83. The van der Waals surface area contributed by atoms with Gasteiger partial charge in [-0.3, -0.25) is 5.10 Å². The monoisotopic (exact) mass is 272 g/mol. The van der Waals surface area contributed by atoms with Gasteiger partial charge >= 0.3 is 0 Å². The van der Waals surface area contributed by atoms with Crippen molar-refractivity contribution in [1.29, 1.82) is 0 Å². The van der Waals surface area contributed by atoms with Crippen LogP contribution in [0, 0.1) is 12.8 Å². The van der Waals surface area contributed by atoms with Crippen molar-refractivity contribution in [2.45, 2.75) is 44.2 Å². The van der Waals surface area contributed by atoms with Crippen molar-refractivity contribution in [3.05, 3.63) is 11.3 Å². The summed E-state index contributed by atoms with van der Waals surface area (Å²) in [6.07, 6.45) is 4.60. The predicted molar refractivity (Wildman–Crippen MR) is 68.4 cm³/mol. The quantitative estimate of drug-likeness (QED) is 0.732. The summed E-state index contributed by atoms with van der Waals surface area (Å²) in [7, 11) is -3.54. The fourth-order valence-electron chi connectivity index (χ4n) is 2.40. The highest BCUT2D eigenvalue weighted by atomic mass is 32.2. The Morgan fingerprint density at radius 1 is 1.44 bits per heavy atom. The summed E-state index contributed by atoms with van der Waals surface area (Å²) in [5, 5.41) is 6.56. The van der Waals surface area contributed by atoms with Crippen molar-refractivity contribution in [2.24, 2.45) is 11.7 Å². The molecule has 1 fully saturated rings. The number of nitrogens with zero attached hydrogens (tertiary/aromatic N) is 1. The number of H-pyrrole nitrogens is 1. The van der Waals surface area contributed by atoms with Gasteiger partial charge in [-0.1, -0.05) is 12.8 Å². The van der Waals surface area contributed by atoms with Crippen LogP contribution in [-0.4, -0.2) is 25.2 Å². The molecular weight excluding hydrogens is 252 g/mol. The molecule has 7 heteroatoms. The first-order valence-corrected chi connectivity index (χ1v) is 7.76. The summed E-state index contributed by atoms with van der Waals surface area (Å²) in [4.78, 5) is 0. The maximum atomic E-state index is 12.1. The molecule has 4 N–H and O–H groups in total. The minimum Gasteiger partial charge on any atom is -0.326 e. The molecule has 18 heavy (non-hydrogen) atoms. The van der Waals surface area contributed by atoms with Crippen LogP contribution in [0.3, 0.4) is 0 Å². The number of hydrogen-bond donors (Lipinski definition) is 3. The zero-order valence-electron chi connectivity index (χ0n) is 10.6. The van der Waals surface area contributed by atoms with Gasteiger partial charge in [0.15, 0.2) is 5.03 Å². The van der Waals surface area contributed by atoms with Gasteiger partial charge in [-0.05, 0) is 25.7 Å². The van der Waals surface area contributed by atoms with E-state index in [-0.39, 0.29) is 11.6 Å². The van der Waals surface area contributed by atoms with Crippen molar-refractivity contribution in [3.8, 4) is 0 Å². The third kappa shape index (κ3) is 2.73. The van der Waals surface area contributed by atoms with E-state index in [0.717, 1.165) is 12.8 Å². The van der Waals surface area contributed by atoms with Crippen molar-refractivity contribution < 1.29 is 8.42 Å². The van der Waals surface area contributed by atoms with Gasteiger partial charge in [0.05, 0.1) is 0 Å². The van der Waals surface area contributed by atoms with Crippen LogP contribution in [0.5, 0.6) is 0 Å². The zero-order valence-corrected chi connectivity index (χ0v) is 11.4. The normalized spacial score (nSPS) is 17.4. The van der Waals surface area contributed by atoms with Gasteiger partial charge in [0, 0.05) is 24.3 Å². The second kappa shape index (κ2) is 5.38. The Labute approximate surface area is 107 Å². The van der Waals surface area contributed by atoms with Gasteiger partial charge in [0.2, 0.25) is 0 Å². The molecule has 0 atom stereocenters. The number of hydrogen-bond acceptors (Lipinski definition) is 4. The molecule has 1 heterocycles. The Hall–Kier alpha value is -0.920. The lowest BCUT2D eigenvalue weighted by atomic mass is 10.1. The SMILES string of the molecule is Cc1[nH]nc(S(=O)(=O)NCC2CCCC2)c1CN. The van der Waals surface area contributed by atoms with Crippen molar-refractivity contribution in [2.75, 3.05) is 6.54 Å². The maximum Gasteiger partial charge on any atom is 0.260 e. The molecule has 0 radical (unpaired) electrons. The smallest absolute Gasteiger partial charge is 0.260 e.